The zero-order valence-corrected chi connectivity index (χ0v) is 18.4. The first-order valence-electron chi connectivity index (χ1n) is 9.10. The van der Waals surface area contributed by atoms with Crippen LogP contribution in [0.15, 0.2) is 23.3 Å². The highest BCUT2D eigenvalue weighted by molar-refractivity contribution is 14.0. The van der Waals surface area contributed by atoms with Gasteiger partial charge in [-0.05, 0) is 25.8 Å². The van der Waals surface area contributed by atoms with E-state index < -0.39 is 0 Å². The molecule has 2 heterocycles. The number of likely N-dealkylation sites (tertiary alicyclic amines) is 1. The molecule has 2 N–H and O–H groups in total. The fourth-order valence-corrected chi connectivity index (χ4v) is 2.64. The Hall–Kier alpha value is -1.62. The van der Waals surface area contributed by atoms with Crippen molar-refractivity contribution in [3.63, 3.8) is 0 Å². The molecule has 1 aliphatic heterocycles. The van der Waals surface area contributed by atoms with Crippen molar-refractivity contribution in [1.29, 1.82) is 0 Å². The summed E-state index contributed by atoms with van der Waals surface area (Å²) < 4.78 is 10.6. The second kappa shape index (κ2) is 13.5. The number of hydrogen-bond acceptors (Lipinski definition) is 5. The molecule has 2 rings (SSSR count). The number of aromatic nitrogens is 1. The largest absolute Gasteiger partial charge is 0.475 e. The predicted molar refractivity (Wildman–Crippen MR) is 116 cm³/mol. The summed E-state index contributed by atoms with van der Waals surface area (Å²) >= 11 is 0. The van der Waals surface area contributed by atoms with E-state index in [2.05, 4.69) is 20.6 Å². The number of methoxy groups -OCH3 is 1. The van der Waals surface area contributed by atoms with Gasteiger partial charge in [-0.2, -0.15) is 0 Å². The van der Waals surface area contributed by atoms with Gasteiger partial charge in [0.15, 0.2) is 5.96 Å². The molecule has 0 unspecified atom stereocenters. The molecule has 8 nitrogen and oxygen atoms in total. The Morgan fingerprint density at radius 3 is 2.78 bits per heavy atom. The number of halogens is 1. The van der Waals surface area contributed by atoms with Gasteiger partial charge in [0.05, 0.1) is 19.7 Å². The van der Waals surface area contributed by atoms with Gasteiger partial charge >= 0.3 is 0 Å². The Kier molecular flexibility index (Phi) is 11.7. The van der Waals surface area contributed by atoms with E-state index in [4.69, 9.17) is 9.47 Å². The lowest BCUT2D eigenvalue weighted by molar-refractivity contribution is -0.128. The number of ether oxygens (including phenoxy) is 2. The maximum absolute atomic E-state index is 12.2. The molecule has 0 spiro atoms. The van der Waals surface area contributed by atoms with E-state index in [1.165, 1.54) is 0 Å². The molecule has 0 bridgehead atoms. The normalized spacial score (nSPS) is 13.9. The standard InChI is InChI=1S/C18H29N5O3.HI/c1-3-19-18(22-14-16(24)23-9-4-5-10-23)21-13-15-7-6-8-20-17(15)26-12-11-25-2;/h6-8H,3-5,9-14H2,1-2H3,(H2,19,21,22);1H. The maximum atomic E-state index is 12.2. The van der Waals surface area contributed by atoms with E-state index in [-0.39, 0.29) is 36.4 Å². The van der Waals surface area contributed by atoms with Gasteiger partial charge < -0.3 is 25.0 Å². The smallest absolute Gasteiger partial charge is 0.241 e. The second-order valence-electron chi connectivity index (χ2n) is 5.95. The Bertz CT molecular complexity index is 594. The van der Waals surface area contributed by atoms with Crippen molar-refractivity contribution in [1.82, 2.24) is 20.5 Å². The Morgan fingerprint density at radius 1 is 1.30 bits per heavy atom. The Labute approximate surface area is 178 Å². The third-order valence-corrected chi connectivity index (χ3v) is 3.99. The van der Waals surface area contributed by atoms with Gasteiger partial charge in [-0.15, -0.1) is 24.0 Å². The molecule has 0 saturated carbocycles. The third kappa shape index (κ3) is 8.29. The summed E-state index contributed by atoms with van der Waals surface area (Å²) in [6, 6.07) is 3.78. The summed E-state index contributed by atoms with van der Waals surface area (Å²) in [6.45, 7) is 6.00. The molecule has 0 aromatic carbocycles. The predicted octanol–water partition coefficient (Wildman–Crippen LogP) is 1.40. The fraction of sp³-hybridized carbons (Fsp3) is 0.611. The van der Waals surface area contributed by atoms with Gasteiger partial charge in [0.1, 0.15) is 6.61 Å². The van der Waals surface area contributed by atoms with Crippen LogP contribution in [0.5, 0.6) is 5.88 Å². The summed E-state index contributed by atoms with van der Waals surface area (Å²) in [6.07, 6.45) is 3.87. The van der Waals surface area contributed by atoms with E-state index in [9.17, 15) is 4.79 Å². The van der Waals surface area contributed by atoms with Crippen molar-refractivity contribution in [3.8, 4) is 5.88 Å². The van der Waals surface area contributed by atoms with Crippen LogP contribution in [0.4, 0.5) is 0 Å². The molecule has 0 atom stereocenters. The first kappa shape index (κ1) is 23.4. The van der Waals surface area contributed by atoms with Crippen LogP contribution >= 0.6 is 24.0 Å². The van der Waals surface area contributed by atoms with Crippen molar-refractivity contribution in [2.24, 2.45) is 4.99 Å². The number of pyridine rings is 1. The van der Waals surface area contributed by atoms with E-state index in [0.29, 0.717) is 38.1 Å². The molecular weight excluding hydrogens is 461 g/mol. The lowest BCUT2D eigenvalue weighted by Gasteiger charge is -2.17. The lowest BCUT2D eigenvalue weighted by atomic mass is 10.3. The number of rotatable bonds is 9. The van der Waals surface area contributed by atoms with Crippen LogP contribution in [-0.2, 0) is 16.1 Å². The summed E-state index contributed by atoms with van der Waals surface area (Å²) in [5.41, 5.74) is 0.881. The minimum atomic E-state index is 0. The molecule has 1 aromatic rings. The third-order valence-electron chi connectivity index (χ3n) is 3.99. The van der Waals surface area contributed by atoms with Crippen LogP contribution in [0, 0.1) is 0 Å². The lowest BCUT2D eigenvalue weighted by Crippen LogP contribution is -2.44. The van der Waals surface area contributed by atoms with Crippen molar-refractivity contribution in [2.45, 2.75) is 26.3 Å². The summed E-state index contributed by atoms with van der Waals surface area (Å²) in [7, 11) is 1.63. The van der Waals surface area contributed by atoms with Gasteiger partial charge in [0, 0.05) is 38.5 Å². The highest BCUT2D eigenvalue weighted by atomic mass is 127. The van der Waals surface area contributed by atoms with E-state index in [1.807, 2.05) is 24.0 Å². The van der Waals surface area contributed by atoms with Crippen LogP contribution in [0.1, 0.15) is 25.3 Å². The van der Waals surface area contributed by atoms with Crippen LogP contribution in [0.25, 0.3) is 0 Å². The molecular formula is C18H30IN5O3. The summed E-state index contributed by atoms with van der Waals surface area (Å²) in [5.74, 6) is 1.27. The molecule has 1 amide bonds. The minimum absolute atomic E-state index is 0. The number of nitrogens with one attached hydrogen (secondary N) is 2. The molecule has 0 radical (unpaired) electrons. The monoisotopic (exact) mass is 491 g/mol. The summed E-state index contributed by atoms with van der Waals surface area (Å²) in [4.78, 5) is 22.9. The maximum Gasteiger partial charge on any atom is 0.241 e. The van der Waals surface area contributed by atoms with Gasteiger partial charge in [-0.1, -0.05) is 6.07 Å². The molecule has 9 heteroatoms. The van der Waals surface area contributed by atoms with Gasteiger partial charge in [-0.25, -0.2) is 9.98 Å². The molecule has 1 saturated heterocycles. The van der Waals surface area contributed by atoms with Crippen molar-refractivity contribution >= 4 is 35.8 Å². The molecule has 0 aliphatic carbocycles. The topological polar surface area (TPSA) is 88.1 Å². The molecule has 1 aliphatic rings. The number of nitrogens with zero attached hydrogens (tertiary/aromatic N) is 3. The second-order valence-corrected chi connectivity index (χ2v) is 5.95. The number of hydrogen-bond donors (Lipinski definition) is 2. The quantitative estimate of drug-likeness (QED) is 0.235. The van der Waals surface area contributed by atoms with Crippen LogP contribution in [-0.4, -0.2) is 68.3 Å². The average Bonchev–Trinajstić information content (AvgIpc) is 3.20. The Balaban J connectivity index is 0.00000364. The number of aliphatic imine (C=N–C) groups is 1. The zero-order valence-electron chi connectivity index (χ0n) is 16.1. The molecule has 1 aromatic heterocycles. The summed E-state index contributed by atoms with van der Waals surface area (Å²) in [5, 5.41) is 6.26. The van der Waals surface area contributed by atoms with E-state index >= 15 is 0 Å². The first-order chi connectivity index (χ1) is 12.7. The first-order valence-corrected chi connectivity index (χ1v) is 9.10. The number of carbonyl (C=O) groups excluding carboxylic acids is 1. The average molecular weight is 491 g/mol. The fourth-order valence-electron chi connectivity index (χ4n) is 2.64. The number of carbonyl (C=O) groups is 1. The molecule has 27 heavy (non-hydrogen) atoms. The number of amides is 1. The SMILES string of the molecule is CCNC(=NCc1cccnc1OCCOC)NCC(=O)N1CCCC1.I. The van der Waals surface area contributed by atoms with Gasteiger partial charge in [-0.3, -0.25) is 4.79 Å². The molecule has 152 valence electrons. The van der Waals surface area contributed by atoms with Crippen LogP contribution < -0.4 is 15.4 Å². The number of guanidine groups is 1. The molecule has 1 fully saturated rings. The van der Waals surface area contributed by atoms with Gasteiger partial charge in [0.2, 0.25) is 11.8 Å². The van der Waals surface area contributed by atoms with Crippen LogP contribution in [0.2, 0.25) is 0 Å². The van der Waals surface area contributed by atoms with E-state index in [0.717, 1.165) is 31.5 Å². The highest BCUT2D eigenvalue weighted by Crippen LogP contribution is 2.15. The van der Waals surface area contributed by atoms with E-state index in [1.54, 1.807) is 13.3 Å². The minimum Gasteiger partial charge on any atom is -0.475 e. The highest BCUT2D eigenvalue weighted by Gasteiger charge is 2.17. The van der Waals surface area contributed by atoms with Crippen LogP contribution in [0.3, 0.4) is 0 Å². The zero-order chi connectivity index (χ0) is 18.6. The van der Waals surface area contributed by atoms with Gasteiger partial charge in [0.25, 0.3) is 0 Å². The van der Waals surface area contributed by atoms with Crippen molar-refractivity contribution < 1.29 is 14.3 Å². The Morgan fingerprint density at radius 2 is 2.07 bits per heavy atom. The van der Waals surface area contributed by atoms with Crippen molar-refractivity contribution in [2.75, 3.05) is 46.5 Å². The van der Waals surface area contributed by atoms with Crippen molar-refractivity contribution in [3.05, 3.63) is 23.9 Å².